The Balaban J connectivity index is 1.58. The largest absolute Gasteiger partial charge is 0.486 e. The molecule has 0 spiro atoms. The van der Waals surface area contributed by atoms with Gasteiger partial charge in [0.2, 0.25) is 0 Å². The lowest BCUT2D eigenvalue weighted by atomic mass is 10.1. The number of halogens is 2. The van der Waals surface area contributed by atoms with Crippen LogP contribution < -0.4 is 15.0 Å². The number of esters is 1. The summed E-state index contributed by atoms with van der Waals surface area (Å²) in [6.07, 6.45) is 1.55. The van der Waals surface area contributed by atoms with Gasteiger partial charge in [-0.2, -0.15) is 0 Å². The second-order valence-electron chi connectivity index (χ2n) is 7.43. The van der Waals surface area contributed by atoms with Gasteiger partial charge in [0.25, 0.3) is 0 Å². The van der Waals surface area contributed by atoms with E-state index in [0.29, 0.717) is 11.4 Å². The minimum Gasteiger partial charge on any atom is -0.486 e. The van der Waals surface area contributed by atoms with E-state index in [0.717, 1.165) is 23.3 Å². The average Bonchev–Trinajstić information content (AvgIpc) is 2.87. The first-order chi connectivity index (χ1) is 17.0. The maximum absolute atomic E-state index is 14.4. The number of rotatable bonds is 12. The van der Waals surface area contributed by atoms with Crippen LogP contribution in [0.4, 0.5) is 8.78 Å². The van der Waals surface area contributed by atoms with E-state index in [1.54, 1.807) is 31.2 Å². The van der Waals surface area contributed by atoms with Crippen LogP contribution in [0.3, 0.4) is 0 Å². The van der Waals surface area contributed by atoms with E-state index in [-0.39, 0.29) is 37.4 Å². The Morgan fingerprint density at radius 3 is 2.43 bits per heavy atom. The minimum absolute atomic E-state index is 0.0254. The highest BCUT2D eigenvalue weighted by Gasteiger charge is 2.13. The van der Waals surface area contributed by atoms with Gasteiger partial charge in [-0.25, -0.2) is 8.78 Å². The highest BCUT2D eigenvalue weighted by Crippen LogP contribution is 2.24. The Labute approximate surface area is 203 Å². The normalized spacial score (nSPS) is 11.1. The van der Waals surface area contributed by atoms with Crippen LogP contribution in [0.5, 0.6) is 11.5 Å². The fraction of sp³-hybridized carbons (Fsp3) is 0.222. The molecule has 0 saturated carbocycles. The molecule has 0 atom stereocenters. The van der Waals surface area contributed by atoms with Gasteiger partial charge in [-0.1, -0.05) is 42.5 Å². The number of ether oxygens (including phenoxy) is 3. The first-order valence-electron chi connectivity index (χ1n) is 11.1. The lowest BCUT2D eigenvalue weighted by molar-refractivity contribution is -0.143. The third kappa shape index (κ3) is 7.82. The first kappa shape index (κ1) is 25.7. The van der Waals surface area contributed by atoms with Crippen molar-refractivity contribution in [2.24, 2.45) is 0 Å². The van der Waals surface area contributed by atoms with Crippen molar-refractivity contribution in [2.45, 2.75) is 26.4 Å². The van der Waals surface area contributed by atoms with Crippen LogP contribution in [0.25, 0.3) is 5.70 Å². The summed E-state index contributed by atoms with van der Waals surface area (Å²) in [7, 11) is 1.51. The molecular formula is C27H27F2NO5. The molecule has 1 N–H and O–H groups in total. The third-order valence-electron chi connectivity index (χ3n) is 4.93. The van der Waals surface area contributed by atoms with Crippen molar-refractivity contribution in [2.75, 3.05) is 13.7 Å². The number of carbonyl (C=O) groups excluding carboxylic acids is 1. The Morgan fingerprint density at radius 1 is 1.00 bits per heavy atom. The van der Waals surface area contributed by atoms with Crippen LogP contribution in [0.15, 0.2) is 73.0 Å². The molecule has 0 aromatic heterocycles. The zero-order valence-corrected chi connectivity index (χ0v) is 19.6. The lowest BCUT2D eigenvalue weighted by Gasteiger charge is -2.11. The molecule has 0 fully saturated rings. The summed E-state index contributed by atoms with van der Waals surface area (Å²) in [5.74, 6) is -1.43. The van der Waals surface area contributed by atoms with E-state index < -0.39 is 17.6 Å². The van der Waals surface area contributed by atoms with E-state index in [1.807, 2.05) is 30.3 Å². The molecule has 6 nitrogen and oxygen atoms in total. The van der Waals surface area contributed by atoms with Crippen LogP contribution in [-0.2, 0) is 27.4 Å². The molecule has 0 bridgehead atoms. The zero-order chi connectivity index (χ0) is 25.0. The van der Waals surface area contributed by atoms with E-state index in [1.165, 1.54) is 13.4 Å². The van der Waals surface area contributed by atoms with Crippen LogP contribution in [0.2, 0.25) is 0 Å². The summed E-state index contributed by atoms with van der Waals surface area (Å²) in [6.45, 7) is 1.96. The van der Waals surface area contributed by atoms with Crippen molar-refractivity contribution in [1.82, 2.24) is 5.48 Å². The maximum Gasteiger partial charge on any atom is 0.306 e. The zero-order valence-electron chi connectivity index (χ0n) is 19.6. The molecule has 3 aromatic rings. The number of nitrogens with one attached hydrogen (secondary N) is 1. The Bertz CT molecular complexity index is 1130. The Morgan fingerprint density at radius 2 is 1.74 bits per heavy atom. The molecule has 0 radical (unpaired) electrons. The summed E-state index contributed by atoms with van der Waals surface area (Å²) in [5, 5.41) is 0. The molecule has 3 aromatic carbocycles. The second-order valence-corrected chi connectivity index (χ2v) is 7.43. The minimum atomic E-state index is -0.700. The van der Waals surface area contributed by atoms with Gasteiger partial charge in [-0.15, -0.1) is 0 Å². The topological polar surface area (TPSA) is 66.0 Å². The smallest absolute Gasteiger partial charge is 0.306 e. The molecule has 8 heteroatoms. The number of hydrogen-bond donors (Lipinski definition) is 1. The van der Waals surface area contributed by atoms with Crippen molar-refractivity contribution in [3.05, 3.63) is 101 Å². The summed E-state index contributed by atoms with van der Waals surface area (Å²) in [6, 6.07) is 18.6. The SMILES string of the molecule is CCOC(=O)CCc1cc(F)c(OCc2ccc(OC=C(NOC)c3ccccc3)cc2)cc1F. The molecule has 0 saturated heterocycles. The quantitative estimate of drug-likeness (QED) is 0.207. The van der Waals surface area contributed by atoms with Crippen molar-refractivity contribution < 1.29 is 32.6 Å². The first-order valence-corrected chi connectivity index (χ1v) is 11.1. The van der Waals surface area contributed by atoms with E-state index >= 15 is 0 Å². The van der Waals surface area contributed by atoms with Gasteiger partial charge in [0.15, 0.2) is 11.6 Å². The molecule has 0 amide bonds. The number of hydrogen-bond acceptors (Lipinski definition) is 6. The molecular weight excluding hydrogens is 456 g/mol. The number of benzene rings is 3. The molecule has 0 heterocycles. The van der Waals surface area contributed by atoms with Crippen molar-refractivity contribution >= 4 is 11.7 Å². The van der Waals surface area contributed by atoms with Gasteiger partial charge in [-0.3, -0.25) is 15.1 Å². The third-order valence-corrected chi connectivity index (χ3v) is 4.93. The van der Waals surface area contributed by atoms with Gasteiger partial charge in [0.1, 0.15) is 30.1 Å². The predicted molar refractivity (Wildman–Crippen MR) is 127 cm³/mol. The highest BCUT2D eigenvalue weighted by atomic mass is 19.1. The van der Waals surface area contributed by atoms with Crippen LogP contribution >= 0.6 is 0 Å². The molecule has 35 heavy (non-hydrogen) atoms. The Kier molecular flexibility index (Phi) is 9.62. The molecule has 3 rings (SSSR count). The van der Waals surface area contributed by atoms with Crippen LogP contribution in [0, 0.1) is 11.6 Å². The highest BCUT2D eigenvalue weighted by molar-refractivity contribution is 5.69. The van der Waals surface area contributed by atoms with Gasteiger partial charge >= 0.3 is 5.97 Å². The van der Waals surface area contributed by atoms with Crippen LogP contribution in [-0.4, -0.2) is 19.7 Å². The Hall–Kier alpha value is -3.91. The monoisotopic (exact) mass is 483 g/mol. The van der Waals surface area contributed by atoms with Gasteiger partial charge in [0.05, 0.1) is 13.7 Å². The van der Waals surface area contributed by atoms with Gasteiger partial charge < -0.3 is 14.2 Å². The predicted octanol–water partition coefficient (Wildman–Crippen LogP) is 5.57. The van der Waals surface area contributed by atoms with Crippen LogP contribution in [0.1, 0.15) is 30.0 Å². The van der Waals surface area contributed by atoms with E-state index in [2.05, 4.69) is 5.48 Å². The van der Waals surface area contributed by atoms with E-state index in [4.69, 9.17) is 19.0 Å². The number of hydroxylamine groups is 1. The molecule has 0 aliphatic rings. The van der Waals surface area contributed by atoms with Crippen molar-refractivity contribution in [3.8, 4) is 11.5 Å². The number of carbonyl (C=O) groups is 1. The number of aryl methyl sites for hydroxylation is 1. The fourth-order valence-electron chi connectivity index (χ4n) is 3.17. The lowest BCUT2D eigenvalue weighted by Crippen LogP contribution is -2.11. The van der Waals surface area contributed by atoms with Gasteiger partial charge in [0, 0.05) is 18.1 Å². The summed E-state index contributed by atoms with van der Waals surface area (Å²) >= 11 is 0. The average molecular weight is 484 g/mol. The van der Waals surface area contributed by atoms with Gasteiger partial charge in [-0.05, 0) is 42.7 Å². The summed E-state index contributed by atoms with van der Waals surface area (Å²) < 4.78 is 44.7. The molecule has 0 aliphatic heterocycles. The summed E-state index contributed by atoms with van der Waals surface area (Å²) in [5.41, 5.74) is 5.14. The maximum atomic E-state index is 14.4. The standard InChI is InChI=1S/C27H27F2NO5/c1-3-33-27(31)14-11-21-15-24(29)26(16-23(21)28)35-17-19-9-12-22(13-10-19)34-18-25(30-32-2)20-7-5-4-6-8-20/h4-10,12-13,15-16,18,30H,3,11,14,17H2,1-2H3. The molecule has 0 unspecified atom stereocenters. The van der Waals surface area contributed by atoms with Crippen molar-refractivity contribution in [1.29, 1.82) is 0 Å². The fourth-order valence-corrected chi connectivity index (χ4v) is 3.17. The van der Waals surface area contributed by atoms with E-state index in [9.17, 15) is 13.6 Å². The molecule has 184 valence electrons. The van der Waals surface area contributed by atoms with Crippen molar-refractivity contribution in [3.63, 3.8) is 0 Å². The summed E-state index contributed by atoms with van der Waals surface area (Å²) in [4.78, 5) is 16.5. The second kappa shape index (κ2) is 13.1. The molecule has 0 aliphatic carbocycles.